The van der Waals surface area contributed by atoms with E-state index in [2.05, 4.69) is 20.2 Å². The van der Waals surface area contributed by atoms with E-state index in [0.29, 0.717) is 19.0 Å². The van der Waals surface area contributed by atoms with Crippen LogP contribution in [0.3, 0.4) is 0 Å². The zero-order valence-corrected chi connectivity index (χ0v) is 17.6. The van der Waals surface area contributed by atoms with Crippen molar-refractivity contribution in [3.8, 4) is 0 Å². The van der Waals surface area contributed by atoms with Crippen molar-refractivity contribution in [2.24, 2.45) is 11.8 Å². The molecule has 8 heteroatoms. The predicted molar refractivity (Wildman–Crippen MR) is 114 cm³/mol. The smallest absolute Gasteiger partial charge is 0.248 e. The van der Waals surface area contributed by atoms with Crippen molar-refractivity contribution in [2.75, 3.05) is 51.2 Å². The average molecular weight is 416 g/mol. The van der Waals surface area contributed by atoms with E-state index in [1.807, 2.05) is 16.3 Å². The third-order valence-electron chi connectivity index (χ3n) is 6.38. The lowest BCUT2D eigenvalue weighted by molar-refractivity contribution is -0.149. The maximum Gasteiger partial charge on any atom is 0.248 e. The third-order valence-corrected chi connectivity index (χ3v) is 7.20. The van der Waals surface area contributed by atoms with E-state index in [9.17, 15) is 4.79 Å². The molecule has 2 aromatic heterocycles. The molecule has 0 bridgehead atoms. The van der Waals surface area contributed by atoms with Gasteiger partial charge < -0.3 is 19.9 Å². The van der Waals surface area contributed by atoms with Gasteiger partial charge in [-0.3, -0.25) is 4.79 Å². The maximum absolute atomic E-state index is 12.4. The number of carbonyl (C=O) groups is 1. The first kappa shape index (κ1) is 19.2. The summed E-state index contributed by atoms with van der Waals surface area (Å²) in [6.07, 6.45) is 6.84. The Balaban J connectivity index is 1.11. The summed E-state index contributed by atoms with van der Waals surface area (Å²) in [7, 11) is 0. The van der Waals surface area contributed by atoms with Gasteiger partial charge in [-0.05, 0) is 62.1 Å². The van der Waals surface area contributed by atoms with Crippen LogP contribution in [0, 0.1) is 11.8 Å². The standard InChI is InChI=1S/C21H29N5O2S/c27-19-13-28-17(9-22-20-18-5-8-29-21(18)24-14-23-20)12-26(19)11-16-3-6-25(7-4-16)10-15-1-2-15/h5,8,14-17H,1-4,6-7,9-13H2,(H,22,23,24). The summed E-state index contributed by atoms with van der Waals surface area (Å²) in [5, 5.41) is 6.47. The van der Waals surface area contributed by atoms with Crippen LogP contribution < -0.4 is 5.32 Å². The van der Waals surface area contributed by atoms with E-state index in [1.165, 1.54) is 45.3 Å². The number of fused-ring (bicyclic) bond motifs is 1. The van der Waals surface area contributed by atoms with E-state index in [0.717, 1.165) is 28.5 Å². The highest BCUT2D eigenvalue weighted by molar-refractivity contribution is 7.16. The first-order chi connectivity index (χ1) is 14.2. The SMILES string of the molecule is O=C1COC(CNc2ncnc3sccc23)CN1CC1CCN(CC2CC2)CC1. The van der Waals surface area contributed by atoms with Gasteiger partial charge >= 0.3 is 0 Å². The van der Waals surface area contributed by atoms with Crippen molar-refractivity contribution < 1.29 is 9.53 Å². The molecule has 2 aromatic rings. The van der Waals surface area contributed by atoms with Gasteiger partial charge in [0.25, 0.3) is 0 Å². The van der Waals surface area contributed by atoms with Crippen molar-refractivity contribution >= 4 is 33.3 Å². The number of hydrogen-bond donors (Lipinski definition) is 1. The second kappa shape index (κ2) is 8.53. The Morgan fingerprint density at radius 1 is 1.14 bits per heavy atom. The first-order valence-electron chi connectivity index (χ1n) is 10.8. The molecule has 2 saturated heterocycles. The second-order valence-electron chi connectivity index (χ2n) is 8.66. The summed E-state index contributed by atoms with van der Waals surface area (Å²) < 4.78 is 5.79. The van der Waals surface area contributed by atoms with E-state index >= 15 is 0 Å². The zero-order chi connectivity index (χ0) is 19.6. The summed E-state index contributed by atoms with van der Waals surface area (Å²) in [5.41, 5.74) is 0. The molecule has 0 spiro atoms. The van der Waals surface area contributed by atoms with Crippen LogP contribution in [0.4, 0.5) is 5.82 Å². The number of rotatable bonds is 7. The molecule has 1 N–H and O–H groups in total. The van der Waals surface area contributed by atoms with Crippen LogP contribution in [-0.2, 0) is 9.53 Å². The largest absolute Gasteiger partial charge is 0.367 e. The summed E-state index contributed by atoms with van der Waals surface area (Å²) in [6.45, 7) is 6.03. The fraction of sp³-hybridized carbons (Fsp3) is 0.667. The number of ether oxygens (including phenoxy) is 1. The summed E-state index contributed by atoms with van der Waals surface area (Å²) in [5.74, 6) is 2.55. The van der Waals surface area contributed by atoms with Gasteiger partial charge in [0.2, 0.25) is 5.91 Å². The second-order valence-corrected chi connectivity index (χ2v) is 9.56. The first-order valence-corrected chi connectivity index (χ1v) is 11.7. The molecule has 3 aliphatic rings. The predicted octanol–water partition coefficient (Wildman–Crippen LogP) is 2.45. The monoisotopic (exact) mass is 415 g/mol. The van der Waals surface area contributed by atoms with E-state index in [-0.39, 0.29) is 18.6 Å². The molecule has 1 unspecified atom stereocenters. The Labute approximate surface area is 175 Å². The number of thiophene rings is 1. The van der Waals surface area contributed by atoms with Crippen LogP contribution in [0.2, 0.25) is 0 Å². The minimum Gasteiger partial charge on any atom is -0.367 e. The van der Waals surface area contributed by atoms with Gasteiger partial charge in [0.1, 0.15) is 23.6 Å². The van der Waals surface area contributed by atoms with Gasteiger partial charge in [0.15, 0.2) is 0 Å². The number of anilines is 1. The van der Waals surface area contributed by atoms with Crippen LogP contribution in [-0.4, -0.2) is 77.7 Å². The lowest BCUT2D eigenvalue weighted by atomic mass is 9.95. The molecule has 1 atom stereocenters. The molecule has 29 heavy (non-hydrogen) atoms. The van der Waals surface area contributed by atoms with Crippen molar-refractivity contribution in [3.05, 3.63) is 17.8 Å². The Kier molecular flexibility index (Phi) is 5.65. The van der Waals surface area contributed by atoms with E-state index in [1.54, 1.807) is 17.7 Å². The number of morpholine rings is 1. The molecule has 4 heterocycles. The highest BCUT2D eigenvalue weighted by Gasteiger charge is 2.31. The molecule has 156 valence electrons. The molecule has 2 aliphatic heterocycles. The Hall–Kier alpha value is -1.77. The minimum absolute atomic E-state index is 0.00805. The molecular formula is C21H29N5O2S. The summed E-state index contributed by atoms with van der Waals surface area (Å²) >= 11 is 1.61. The Morgan fingerprint density at radius 3 is 2.79 bits per heavy atom. The van der Waals surface area contributed by atoms with Crippen LogP contribution in [0.15, 0.2) is 17.8 Å². The van der Waals surface area contributed by atoms with Gasteiger partial charge in [-0.15, -0.1) is 11.3 Å². The third kappa shape index (κ3) is 4.70. The van der Waals surface area contributed by atoms with Gasteiger partial charge in [0, 0.05) is 26.2 Å². The van der Waals surface area contributed by atoms with Gasteiger partial charge in [0.05, 0.1) is 11.5 Å². The maximum atomic E-state index is 12.4. The van der Waals surface area contributed by atoms with Crippen LogP contribution in [0.5, 0.6) is 0 Å². The van der Waals surface area contributed by atoms with E-state index < -0.39 is 0 Å². The highest BCUT2D eigenvalue weighted by Crippen LogP contribution is 2.31. The number of hydrogen-bond acceptors (Lipinski definition) is 7. The zero-order valence-electron chi connectivity index (χ0n) is 16.8. The van der Waals surface area contributed by atoms with Crippen LogP contribution in [0.25, 0.3) is 10.2 Å². The number of likely N-dealkylation sites (tertiary alicyclic amines) is 1. The number of nitrogens with one attached hydrogen (secondary N) is 1. The Morgan fingerprint density at radius 2 is 1.97 bits per heavy atom. The van der Waals surface area contributed by atoms with Gasteiger partial charge in [-0.2, -0.15) is 0 Å². The van der Waals surface area contributed by atoms with Crippen molar-refractivity contribution in [2.45, 2.75) is 31.8 Å². The van der Waals surface area contributed by atoms with Crippen LogP contribution >= 0.6 is 11.3 Å². The fourth-order valence-electron chi connectivity index (χ4n) is 4.45. The quantitative estimate of drug-likeness (QED) is 0.749. The van der Waals surface area contributed by atoms with Crippen molar-refractivity contribution in [3.63, 3.8) is 0 Å². The van der Waals surface area contributed by atoms with Crippen molar-refractivity contribution in [1.29, 1.82) is 0 Å². The fourth-order valence-corrected chi connectivity index (χ4v) is 5.18. The molecule has 1 saturated carbocycles. The topological polar surface area (TPSA) is 70.6 Å². The summed E-state index contributed by atoms with van der Waals surface area (Å²) in [6, 6.07) is 2.04. The van der Waals surface area contributed by atoms with Crippen molar-refractivity contribution in [1.82, 2.24) is 19.8 Å². The van der Waals surface area contributed by atoms with Gasteiger partial charge in [-0.1, -0.05) is 0 Å². The average Bonchev–Trinajstić information content (AvgIpc) is 3.42. The molecule has 7 nitrogen and oxygen atoms in total. The van der Waals surface area contributed by atoms with E-state index in [4.69, 9.17) is 4.74 Å². The molecular weight excluding hydrogens is 386 g/mol. The highest BCUT2D eigenvalue weighted by atomic mass is 32.1. The molecule has 0 aromatic carbocycles. The molecule has 1 aliphatic carbocycles. The molecule has 3 fully saturated rings. The lowest BCUT2D eigenvalue weighted by Gasteiger charge is -2.38. The lowest BCUT2D eigenvalue weighted by Crippen LogP contribution is -2.51. The summed E-state index contributed by atoms with van der Waals surface area (Å²) in [4.78, 5) is 26.7. The number of carbonyl (C=O) groups excluding carboxylic acids is 1. The minimum atomic E-state index is -0.00805. The molecule has 1 amide bonds. The molecule has 5 rings (SSSR count). The number of aromatic nitrogens is 2. The number of amides is 1. The van der Waals surface area contributed by atoms with Gasteiger partial charge in [-0.25, -0.2) is 9.97 Å². The number of nitrogens with zero attached hydrogens (tertiary/aromatic N) is 4. The Bertz CT molecular complexity index is 846. The number of piperidine rings is 1. The molecule has 0 radical (unpaired) electrons. The normalized spacial score (nSPS) is 24.3. The van der Waals surface area contributed by atoms with Crippen LogP contribution in [0.1, 0.15) is 25.7 Å².